The fraction of sp³-hybridized carbons (Fsp3) is 0.304. The Labute approximate surface area is 193 Å². The summed E-state index contributed by atoms with van der Waals surface area (Å²) in [6.07, 6.45) is 0. The molecular weight excluding hydrogens is 428 g/mol. The first-order valence-corrected chi connectivity index (χ1v) is 10.6. The van der Waals surface area contributed by atoms with Crippen molar-refractivity contribution >= 4 is 40.7 Å². The highest BCUT2D eigenvalue weighted by Gasteiger charge is 2.12. The highest BCUT2D eigenvalue weighted by molar-refractivity contribution is 7.80. The number of benzene rings is 2. The Morgan fingerprint density at radius 2 is 1.59 bits per heavy atom. The third-order valence-corrected chi connectivity index (χ3v) is 4.34. The Bertz CT molecular complexity index is 974. The number of thiocarbonyl (C=S) groups is 1. The van der Waals surface area contributed by atoms with Gasteiger partial charge in [0.25, 0.3) is 11.8 Å². The lowest BCUT2D eigenvalue weighted by atomic mass is 10.1. The zero-order valence-corrected chi connectivity index (χ0v) is 19.3. The second kappa shape index (κ2) is 11.8. The topological polar surface area (TPSA) is 109 Å². The highest BCUT2D eigenvalue weighted by atomic mass is 32.1. The van der Waals surface area contributed by atoms with Gasteiger partial charge >= 0.3 is 0 Å². The minimum absolute atomic E-state index is 0.0577. The molecule has 0 bridgehead atoms. The Balaban J connectivity index is 1.84. The van der Waals surface area contributed by atoms with Crippen molar-refractivity contribution in [2.75, 3.05) is 11.9 Å². The average molecular weight is 457 g/mol. The summed E-state index contributed by atoms with van der Waals surface area (Å²) in [5, 5.41) is 5.19. The van der Waals surface area contributed by atoms with Crippen LogP contribution in [-0.4, -0.2) is 29.4 Å². The number of nitrogens with one attached hydrogen (secondary N) is 4. The van der Waals surface area contributed by atoms with E-state index in [9.17, 15) is 14.4 Å². The van der Waals surface area contributed by atoms with E-state index >= 15 is 0 Å². The summed E-state index contributed by atoms with van der Waals surface area (Å²) in [5.41, 5.74) is 6.24. The van der Waals surface area contributed by atoms with E-state index in [0.717, 1.165) is 0 Å². The van der Waals surface area contributed by atoms with Gasteiger partial charge in [-0.15, -0.1) is 0 Å². The molecule has 0 atom stereocenters. The number of ether oxygens (including phenoxy) is 1. The molecule has 2 aromatic carbocycles. The number of hydrogen-bond acceptors (Lipinski definition) is 5. The predicted molar refractivity (Wildman–Crippen MR) is 127 cm³/mol. The number of hydrazine groups is 1. The van der Waals surface area contributed by atoms with Gasteiger partial charge in [0.15, 0.2) is 5.11 Å². The molecule has 0 saturated heterocycles. The van der Waals surface area contributed by atoms with Crippen molar-refractivity contribution in [1.82, 2.24) is 16.2 Å². The summed E-state index contributed by atoms with van der Waals surface area (Å²) in [5.74, 6) is -0.186. The van der Waals surface area contributed by atoms with Crippen molar-refractivity contribution in [2.45, 2.75) is 27.7 Å². The third kappa shape index (κ3) is 7.99. The minimum atomic E-state index is -0.451. The highest BCUT2D eigenvalue weighted by Crippen LogP contribution is 2.14. The number of hydrogen-bond donors (Lipinski definition) is 4. The summed E-state index contributed by atoms with van der Waals surface area (Å²) in [4.78, 5) is 36.4. The van der Waals surface area contributed by atoms with Crippen LogP contribution in [0.3, 0.4) is 0 Å². The second-order valence-corrected chi connectivity index (χ2v) is 8.22. The molecule has 0 aliphatic carbocycles. The molecule has 0 saturated carbocycles. The van der Waals surface area contributed by atoms with Gasteiger partial charge in [0.1, 0.15) is 5.75 Å². The van der Waals surface area contributed by atoms with Crippen LogP contribution in [0.4, 0.5) is 5.69 Å². The molecule has 8 nitrogen and oxygen atoms in total. The SMILES string of the molecule is CC(C)COc1cccc(C(=O)NC(=S)NNC(=O)c2ccc(NC(=O)C(C)C)cc2)c1. The Kier molecular flexibility index (Phi) is 9.15. The van der Waals surface area contributed by atoms with Crippen LogP contribution in [0.1, 0.15) is 48.4 Å². The molecule has 0 unspecified atom stereocenters. The first-order valence-electron chi connectivity index (χ1n) is 10.2. The van der Waals surface area contributed by atoms with Gasteiger partial charge in [-0.25, -0.2) is 0 Å². The Hall–Kier alpha value is -3.46. The summed E-state index contributed by atoms with van der Waals surface area (Å²) >= 11 is 5.07. The molecule has 2 rings (SSSR count). The lowest BCUT2D eigenvalue weighted by molar-refractivity contribution is -0.118. The minimum Gasteiger partial charge on any atom is -0.493 e. The fourth-order valence-corrected chi connectivity index (χ4v) is 2.52. The number of amides is 3. The number of anilines is 1. The van der Waals surface area contributed by atoms with Crippen LogP contribution in [0, 0.1) is 11.8 Å². The standard InChI is InChI=1S/C23H28N4O4S/c1-14(2)13-31-19-7-5-6-17(12-19)21(29)25-23(32)27-26-22(30)16-8-10-18(11-9-16)24-20(28)15(3)4/h5-12,14-15H,13H2,1-4H3,(H,24,28)(H,26,30)(H2,25,27,29,32). The predicted octanol–water partition coefficient (Wildman–Crippen LogP) is 3.27. The van der Waals surface area contributed by atoms with Crippen LogP contribution >= 0.6 is 12.2 Å². The van der Waals surface area contributed by atoms with E-state index in [1.807, 2.05) is 13.8 Å². The number of carbonyl (C=O) groups excluding carboxylic acids is 3. The van der Waals surface area contributed by atoms with Crippen LogP contribution in [0.25, 0.3) is 0 Å². The van der Waals surface area contributed by atoms with Gasteiger partial charge in [-0.3, -0.25) is 30.6 Å². The molecular formula is C23H28N4O4S. The largest absolute Gasteiger partial charge is 0.493 e. The van der Waals surface area contributed by atoms with Crippen molar-refractivity contribution in [3.8, 4) is 5.75 Å². The lowest BCUT2D eigenvalue weighted by Crippen LogP contribution is -2.48. The van der Waals surface area contributed by atoms with E-state index in [-0.39, 0.29) is 16.9 Å². The van der Waals surface area contributed by atoms with Crippen LogP contribution in [0.15, 0.2) is 48.5 Å². The normalized spacial score (nSPS) is 10.4. The van der Waals surface area contributed by atoms with Gasteiger partial charge in [0.2, 0.25) is 5.91 Å². The second-order valence-electron chi connectivity index (χ2n) is 7.82. The zero-order valence-electron chi connectivity index (χ0n) is 18.5. The number of rotatable bonds is 7. The van der Waals surface area contributed by atoms with Crippen LogP contribution < -0.4 is 26.2 Å². The van der Waals surface area contributed by atoms with E-state index in [1.165, 1.54) is 0 Å². The van der Waals surface area contributed by atoms with Gasteiger partial charge in [0.05, 0.1) is 6.61 Å². The van der Waals surface area contributed by atoms with Crippen molar-refractivity contribution in [1.29, 1.82) is 0 Å². The smallest absolute Gasteiger partial charge is 0.269 e. The Morgan fingerprint density at radius 3 is 2.22 bits per heavy atom. The molecule has 4 N–H and O–H groups in total. The van der Waals surface area contributed by atoms with Gasteiger partial charge in [-0.05, 0) is 60.6 Å². The van der Waals surface area contributed by atoms with Crippen molar-refractivity contribution in [3.05, 3.63) is 59.7 Å². The molecule has 0 fully saturated rings. The maximum Gasteiger partial charge on any atom is 0.269 e. The van der Waals surface area contributed by atoms with E-state index in [0.29, 0.717) is 35.1 Å². The molecule has 3 amide bonds. The van der Waals surface area contributed by atoms with Gasteiger partial charge < -0.3 is 10.1 Å². The van der Waals surface area contributed by atoms with Gasteiger partial charge in [-0.1, -0.05) is 33.8 Å². The van der Waals surface area contributed by atoms with E-state index in [2.05, 4.69) is 21.5 Å². The fourth-order valence-electron chi connectivity index (χ4n) is 2.37. The maximum absolute atomic E-state index is 12.4. The van der Waals surface area contributed by atoms with E-state index < -0.39 is 11.8 Å². The molecule has 0 heterocycles. The molecule has 0 aliphatic rings. The molecule has 9 heteroatoms. The van der Waals surface area contributed by atoms with Crippen molar-refractivity contribution in [2.24, 2.45) is 11.8 Å². The van der Waals surface area contributed by atoms with Gasteiger partial charge in [-0.2, -0.15) is 0 Å². The van der Waals surface area contributed by atoms with Crippen LogP contribution in [0.5, 0.6) is 5.75 Å². The lowest BCUT2D eigenvalue weighted by Gasteiger charge is -2.12. The summed E-state index contributed by atoms with van der Waals surface area (Å²) in [6.45, 7) is 8.20. The molecule has 0 aromatic heterocycles. The quantitative estimate of drug-likeness (QED) is 0.376. The maximum atomic E-state index is 12.4. The third-order valence-electron chi connectivity index (χ3n) is 4.14. The first kappa shape index (κ1) is 24.8. The van der Waals surface area contributed by atoms with Crippen LogP contribution in [-0.2, 0) is 4.79 Å². The van der Waals surface area contributed by atoms with Crippen molar-refractivity contribution < 1.29 is 19.1 Å². The summed E-state index contributed by atoms with van der Waals surface area (Å²) in [6, 6.07) is 13.1. The Morgan fingerprint density at radius 1 is 0.906 bits per heavy atom. The number of carbonyl (C=O) groups is 3. The molecule has 170 valence electrons. The first-order chi connectivity index (χ1) is 15.2. The van der Waals surface area contributed by atoms with Crippen LogP contribution in [0.2, 0.25) is 0 Å². The summed E-state index contributed by atoms with van der Waals surface area (Å²) < 4.78 is 5.62. The molecule has 0 spiro atoms. The van der Waals surface area contributed by atoms with Gasteiger partial charge in [0, 0.05) is 22.7 Å². The molecule has 2 aromatic rings. The zero-order chi connectivity index (χ0) is 23.7. The monoisotopic (exact) mass is 456 g/mol. The van der Waals surface area contributed by atoms with E-state index in [1.54, 1.807) is 62.4 Å². The van der Waals surface area contributed by atoms with E-state index in [4.69, 9.17) is 17.0 Å². The summed E-state index contributed by atoms with van der Waals surface area (Å²) in [7, 11) is 0. The molecule has 0 aliphatic heterocycles. The average Bonchev–Trinajstić information content (AvgIpc) is 2.76. The molecule has 0 radical (unpaired) electrons. The van der Waals surface area contributed by atoms with Crippen molar-refractivity contribution in [3.63, 3.8) is 0 Å². The molecule has 32 heavy (non-hydrogen) atoms.